The minimum atomic E-state index is -0.402. The molecule has 1 aromatic carbocycles. The second kappa shape index (κ2) is 10.2. The van der Waals surface area contributed by atoms with Crippen LogP contribution < -0.4 is 0 Å². The van der Waals surface area contributed by atoms with Crippen molar-refractivity contribution in [3.05, 3.63) is 59.2 Å². The van der Waals surface area contributed by atoms with Gasteiger partial charge in [-0.3, -0.25) is 4.90 Å². The van der Waals surface area contributed by atoms with E-state index in [1.54, 1.807) is 25.2 Å². The molecule has 1 aliphatic heterocycles. The Kier molecular flexibility index (Phi) is 7.93. The maximum absolute atomic E-state index is 12.7. The number of rotatable bonds is 6. The number of amides is 1. The molecule has 0 radical (unpaired) electrons. The van der Waals surface area contributed by atoms with Gasteiger partial charge in [-0.2, -0.15) is 0 Å². The van der Waals surface area contributed by atoms with Crippen molar-refractivity contribution in [2.24, 2.45) is 5.41 Å². The van der Waals surface area contributed by atoms with E-state index in [9.17, 15) is 4.79 Å². The quantitative estimate of drug-likeness (QED) is 0.672. The minimum absolute atomic E-state index is 0.262. The lowest BCUT2D eigenvalue weighted by molar-refractivity contribution is 0.0841. The van der Waals surface area contributed by atoms with Gasteiger partial charge in [0.2, 0.25) is 0 Å². The second-order valence-electron chi connectivity index (χ2n) is 7.59. The van der Waals surface area contributed by atoms with Crippen molar-refractivity contribution >= 4 is 6.09 Å². The first kappa shape index (κ1) is 21.8. The molecule has 0 saturated carbocycles. The molecule has 0 aliphatic carbocycles. The van der Waals surface area contributed by atoms with Crippen LogP contribution in [0, 0.1) is 5.41 Å². The molecule has 0 N–H and O–H groups in total. The van der Waals surface area contributed by atoms with Gasteiger partial charge in [0.05, 0.1) is 38.8 Å². The number of benzene rings is 1. The largest absolute Gasteiger partial charge is 0.504 e. The van der Waals surface area contributed by atoms with Crippen molar-refractivity contribution in [1.82, 2.24) is 4.90 Å². The highest BCUT2D eigenvalue weighted by Gasteiger charge is 2.35. The summed E-state index contributed by atoms with van der Waals surface area (Å²) < 4.78 is 22.4. The van der Waals surface area contributed by atoms with Gasteiger partial charge >= 0.3 is 6.09 Å². The summed E-state index contributed by atoms with van der Waals surface area (Å²) in [7, 11) is 1.58. The Morgan fingerprint density at radius 1 is 1.21 bits per heavy atom. The summed E-state index contributed by atoms with van der Waals surface area (Å²) in [4.78, 5) is 14.3. The monoisotopic (exact) mass is 389 g/mol. The second-order valence-corrected chi connectivity index (χ2v) is 7.59. The lowest BCUT2D eigenvalue weighted by Gasteiger charge is -2.33. The predicted octanol–water partition coefficient (Wildman–Crippen LogP) is 4.48. The highest BCUT2D eigenvalue weighted by Crippen LogP contribution is 2.35. The Labute approximate surface area is 167 Å². The van der Waals surface area contributed by atoms with Crippen LogP contribution in [0.4, 0.5) is 4.79 Å². The Balaban J connectivity index is 2.30. The molecule has 2 rings (SSSR count). The van der Waals surface area contributed by atoms with Crippen molar-refractivity contribution in [3.63, 3.8) is 0 Å². The first-order valence-corrected chi connectivity index (χ1v) is 9.50. The number of carbonyl (C=O) groups excluding carboxylic acids is 1. The molecule has 6 heteroatoms. The van der Waals surface area contributed by atoms with Crippen molar-refractivity contribution in [1.29, 1.82) is 0 Å². The van der Waals surface area contributed by atoms with Gasteiger partial charge in [-0.05, 0) is 12.5 Å². The summed E-state index contributed by atoms with van der Waals surface area (Å²) in [6.45, 7) is 9.62. The molecule has 0 fully saturated rings. The van der Waals surface area contributed by atoms with Gasteiger partial charge in [-0.1, -0.05) is 51.1 Å². The Hall–Kier alpha value is -2.47. The number of allylic oxidation sites excluding steroid dienone is 1. The van der Waals surface area contributed by atoms with E-state index in [2.05, 4.69) is 0 Å². The Morgan fingerprint density at radius 3 is 2.54 bits per heavy atom. The number of hydrogen-bond acceptors (Lipinski definition) is 5. The first-order valence-electron chi connectivity index (χ1n) is 9.50. The summed E-state index contributed by atoms with van der Waals surface area (Å²) in [6.07, 6.45) is 1.21. The van der Waals surface area contributed by atoms with Gasteiger partial charge in [0.15, 0.2) is 0 Å². The molecule has 0 atom stereocenters. The minimum Gasteiger partial charge on any atom is -0.504 e. The Bertz CT molecular complexity index is 703. The maximum atomic E-state index is 12.7. The summed E-state index contributed by atoms with van der Waals surface area (Å²) in [5.74, 6) is 0.635. The van der Waals surface area contributed by atoms with Crippen LogP contribution in [0.5, 0.6) is 0 Å². The lowest BCUT2D eigenvalue weighted by atomic mass is 9.90. The van der Waals surface area contributed by atoms with Crippen molar-refractivity contribution in [3.8, 4) is 0 Å². The summed E-state index contributed by atoms with van der Waals surface area (Å²) >= 11 is 0. The van der Waals surface area contributed by atoms with E-state index >= 15 is 0 Å². The molecular weight excluding hydrogens is 358 g/mol. The predicted molar refractivity (Wildman–Crippen MR) is 107 cm³/mol. The van der Waals surface area contributed by atoms with Crippen LogP contribution >= 0.6 is 0 Å². The molecule has 0 aromatic heterocycles. The van der Waals surface area contributed by atoms with Crippen LogP contribution in [0.3, 0.4) is 0 Å². The zero-order chi connectivity index (χ0) is 20.6. The van der Waals surface area contributed by atoms with Crippen LogP contribution in [0.15, 0.2) is 53.6 Å². The standard InChI is InChI=1S/C22H31NO5/c1-6-27-21(24)23-12-18(13-25-5)15-28-19(20(23)22(2,3)4)16-26-14-17-10-8-7-9-11-17/h7-11,13H,6,12,14-16H2,1-5H3. The van der Waals surface area contributed by atoms with Crippen molar-refractivity contribution in [2.75, 3.05) is 33.5 Å². The van der Waals surface area contributed by atoms with E-state index in [0.717, 1.165) is 16.8 Å². The van der Waals surface area contributed by atoms with E-state index in [1.165, 1.54) is 0 Å². The number of carbonyl (C=O) groups is 1. The SMILES string of the molecule is CCOC(=O)N1CC(=COC)COC(COCc2ccccc2)=C1C(C)(C)C. The normalized spacial score (nSPS) is 16.6. The summed E-state index contributed by atoms with van der Waals surface area (Å²) in [5.41, 5.74) is 2.34. The number of hydrogen-bond donors (Lipinski definition) is 0. The molecule has 1 heterocycles. The summed E-state index contributed by atoms with van der Waals surface area (Å²) in [5, 5.41) is 0. The van der Waals surface area contributed by atoms with Gasteiger partial charge in [-0.15, -0.1) is 0 Å². The van der Waals surface area contributed by atoms with Crippen LogP contribution in [0.25, 0.3) is 0 Å². The van der Waals surface area contributed by atoms with Crippen molar-refractivity contribution in [2.45, 2.75) is 34.3 Å². The fraction of sp³-hybridized carbons (Fsp3) is 0.500. The number of ether oxygens (including phenoxy) is 4. The van der Waals surface area contributed by atoms with Crippen LogP contribution in [0.2, 0.25) is 0 Å². The van der Waals surface area contributed by atoms with E-state index < -0.39 is 6.09 Å². The van der Waals surface area contributed by atoms with E-state index in [4.69, 9.17) is 18.9 Å². The molecule has 0 spiro atoms. The van der Waals surface area contributed by atoms with Gasteiger partial charge in [0.25, 0.3) is 0 Å². The average molecular weight is 389 g/mol. The third kappa shape index (κ3) is 6.02. The van der Waals surface area contributed by atoms with Crippen LogP contribution in [-0.4, -0.2) is 44.5 Å². The topological polar surface area (TPSA) is 57.2 Å². The summed E-state index contributed by atoms with van der Waals surface area (Å²) in [6, 6.07) is 9.95. The highest BCUT2D eigenvalue weighted by molar-refractivity contribution is 5.71. The smallest absolute Gasteiger partial charge is 0.414 e. The first-order chi connectivity index (χ1) is 13.4. The molecule has 28 heavy (non-hydrogen) atoms. The molecule has 0 bridgehead atoms. The maximum Gasteiger partial charge on any atom is 0.414 e. The van der Waals surface area contributed by atoms with Crippen LogP contribution in [-0.2, 0) is 25.6 Å². The number of nitrogens with zero attached hydrogens (tertiary/aromatic N) is 1. The fourth-order valence-electron chi connectivity index (χ4n) is 3.09. The van der Waals surface area contributed by atoms with E-state index in [-0.39, 0.29) is 12.0 Å². The fourth-order valence-corrected chi connectivity index (χ4v) is 3.09. The molecule has 1 amide bonds. The third-order valence-corrected chi connectivity index (χ3v) is 4.15. The molecule has 0 unspecified atom stereocenters. The van der Waals surface area contributed by atoms with Gasteiger partial charge in [0.1, 0.15) is 19.0 Å². The number of methoxy groups -OCH3 is 1. The van der Waals surface area contributed by atoms with Crippen molar-refractivity contribution < 1.29 is 23.7 Å². The average Bonchev–Trinajstić information content (AvgIpc) is 2.83. The van der Waals surface area contributed by atoms with Crippen LogP contribution in [0.1, 0.15) is 33.3 Å². The third-order valence-electron chi connectivity index (χ3n) is 4.15. The zero-order valence-corrected chi connectivity index (χ0v) is 17.5. The molecule has 6 nitrogen and oxygen atoms in total. The molecule has 1 aliphatic rings. The Morgan fingerprint density at radius 2 is 1.93 bits per heavy atom. The van der Waals surface area contributed by atoms with Gasteiger partial charge < -0.3 is 18.9 Å². The lowest BCUT2D eigenvalue weighted by Crippen LogP contribution is -2.38. The zero-order valence-electron chi connectivity index (χ0n) is 17.5. The molecule has 154 valence electrons. The highest BCUT2D eigenvalue weighted by atomic mass is 16.6. The van der Waals surface area contributed by atoms with E-state index in [1.807, 2.05) is 51.1 Å². The molecule has 1 aromatic rings. The van der Waals surface area contributed by atoms with Gasteiger partial charge in [0, 0.05) is 11.0 Å². The van der Waals surface area contributed by atoms with E-state index in [0.29, 0.717) is 32.1 Å². The molecular formula is C22H31NO5. The molecule has 0 saturated heterocycles. The van der Waals surface area contributed by atoms with Gasteiger partial charge in [-0.25, -0.2) is 4.79 Å².